The van der Waals surface area contributed by atoms with Crippen LogP contribution in [0.4, 0.5) is 0 Å². The predicted octanol–water partition coefficient (Wildman–Crippen LogP) is 2.08. The summed E-state index contributed by atoms with van der Waals surface area (Å²) in [5, 5.41) is 22.4. The van der Waals surface area contributed by atoms with Crippen LogP contribution >= 0.6 is 0 Å². The first-order valence-electron chi connectivity index (χ1n) is 7.65. The van der Waals surface area contributed by atoms with Crippen molar-refractivity contribution < 1.29 is 10.2 Å². The van der Waals surface area contributed by atoms with E-state index in [9.17, 15) is 15.0 Å². The topological polar surface area (TPSA) is 91.1 Å². The van der Waals surface area contributed by atoms with E-state index in [1.807, 2.05) is 30.3 Å². The third-order valence-electron chi connectivity index (χ3n) is 4.62. The molecule has 2 atom stereocenters. The van der Waals surface area contributed by atoms with E-state index in [1.54, 1.807) is 18.2 Å². The normalized spacial score (nSPS) is 19.4. The van der Waals surface area contributed by atoms with Gasteiger partial charge in [-0.2, -0.15) is 0 Å². The summed E-state index contributed by atoms with van der Waals surface area (Å²) in [6, 6.07) is 14.5. The summed E-state index contributed by atoms with van der Waals surface area (Å²) in [6.45, 7) is 0. The molecular formula is C18H13N3O3. The average molecular weight is 319 g/mol. The standard InChI is InChI=1S/C18H13N3O3/c22-15-13-9-5-1-3-7-11(9)19-14(13)16-20-12-8-4-2-6-10(12)17(23)21(16)18(15)24/h1-8,15,18-19,22,24H/t15-,18+/m1/s1. The van der Waals surface area contributed by atoms with E-state index in [4.69, 9.17) is 0 Å². The fourth-order valence-corrected chi connectivity index (χ4v) is 3.51. The Labute approximate surface area is 135 Å². The van der Waals surface area contributed by atoms with E-state index < -0.39 is 12.3 Å². The number of nitrogens with zero attached hydrogens (tertiary/aromatic N) is 2. The van der Waals surface area contributed by atoms with Crippen molar-refractivity contribution in [2.24, 2.45) is 0 Å². The molecule has 0 amide bonds. The van der Waals surface area contributed by atoms with Crippen molar-refractivity contribution in [3.63, 3.8) is 0 Å². The Bertz CT molecular complexity index is 1180. The number of aromatic nitrogens is 3. The molecule has 2 aromatic carbocycles. The van der Waals surface area contributed by atoms with Gasteiger partial charge in [-0.25, -0.2) is 4.98 Å². The molecule has 6 heteroatoms. The van der Waals surface area contributed by atoms with Crippen molar-refractivity contribution in [2.45, 2.75) is 12.3 Å². The van der Waals surface area contributed by atoms with Crippen molar-refractivity contribution >= 4 is 21.8 Å². The van der Waals surface area contributed by atoms with Crippen molar-refractivity contribution in [1.29, 1.82) is 0 Å². The third kappa shape index (κ3) is 1.56. The Morgan fingerprint density at radius 3 is 2.54 bits per heavy atom. The maximum absolute atomic E-state index is 12.8. The monoisotopic (exact) mass is 319 g/mol. The van der Waals surface area contributed by atoms with Gasteiger partial charge in [0.2, 0.25) is 0 Å². The SMILES string of the molecule is O=c1c2ccccc2nc2n1[C@@H](O)[C@H](O)c1c-2[nH]c2ccccc12. The van der Waals surface area contributed by atoms with E-state index in [0.29, 0.717) is 28.0 Å². The molecule has 1 aliphatic heterocycles. The lowest BCUT2D eigenvalue weighted by Gasteiger charge is -2.28. The van der Waals surface area contributed by atoms with Gasteiger partial charge >= 0.3 is 0 Å². The molecule has 0 saturated carbocycles. The molecule has 5 rings (SSSR count). The molecule has 3 heterocycles. The van der Waals surface area contributed by atoms with Gasteiger partial charge in [0.05, 0.1) is 16.6 Å². The van der Waals surface area contributed by atoms with E-state index in [2.05, 4.69) is 9.97 Å². The summed E-state index contributed by atoms with van der Waals surface area (Å²) >= 11 is 0. The van der Waals surface area contributed by atoms with Crippen LogP contribution in [0.15, 0.2) is 53.3 Å². The van der Waals surface area contributed by atoms with Gasteiger partial charge in [0.25, 0.3) is 5.56 Å². The van der Waals surface area contributed by atoms with E-state index in [1.165, 1.54) is 0 Å². The quantitative estimate of drug-likeness (QED) is 0.463. The maximum Gasteiger partial charge on any atom is 0.263 e. The highest BCUT2D eigenvalue weighted by Gasteiger charge is 2.36. The van der Waals surface area contributed by atoms with Gasteiger partial charge in [-0.3, -0.25) is 9.36 Å². The molecule has 118 valence electrons. The molecule has 24 heavy (non-hydrogen) atoms. The lowest BCUT2D eigenvalue weighted by atomic mass is 9.99. The lowest BCUT2D eigenvalue weighted by Crippen LogP contribution is -2.34. The Hall–Kier alpha value is -2.96. The van der Waals surface area contributed by atoms with Crippen LogP contribution < -0.4 is 5.56 Å². The molecule has 0 saturated heterocycles. The summed E-state index contributed by atoms with van der Waals surface area (Å²) in [5.41, 5.74) is 2.15. The highest BCUT2D eigenvalue weighted by Crippen LogP contribution is 2.42. The summed E-state index contributed by atoms with van der Waals surface area (Å²) in [5.74, 6) is 0.336. The van der Waals surface area contributed by atoms with Gasteiger partial charge in [-0.05, 0) is 18.2 Å². The number of aliphatic hydroxyl groups is 2. The van der Waals surface area contributed by atoms with Crippen LogP contribution in [0, 0.1) is 0 Å². The lowest BCUT2D eigenvalue weighted by molar-refractivity contribution is -0.0339. The first-order valence-corrected chi connectivity index (χ1v) is 7.65. The predicted molar refractivity (Wildman–Crippen MR) is 89.5 cm³/mol. The number of hydrogen-bond donors (Lipinski definition) is 3. The van der Waals surface area contributed by atoms with Crippen LogP contribution in [0.2, 0.25) is 0 Å². The van der Waals surface area contributed by atoms with Gasteiger partial charge in [-0.15, -0.1) is 0 Å². The highest BCUT2D eigenvalue weighted by atomic mass is 16.3. The molecule has 3 N–H and O–H groups in total. The molecule has 0 bridgehead atoms. The second-order valence-corrected chi connectivity index (χ2v) is 5.95. The number of H-pyrrole nitrogens is 1. The zero-order chi connectivity index (χ0) is 16.4. The van der Waals surface area contributed by atoms with E-state index in [0.717, 1.165) is 15.5 Å². The molecule has 2 aromatic heterocycles. The zero-order valence-corrected chi connectivity index (χ0v) is 12.5. The van der Waals surface area contributed by atoms with Crippen LogP contribution in [0.5, 0.6) is 0 Å². The minimum atomic E-state index is -1.38. The molecule has 0 unspecified atom stereocenters. The Morgan fingerprint density at radius 2 is 1.71 bits per heavy atom. The first-order chi connectivity index (χ1) is 11.7. The molecule has 0 fully saturated rings. The van der Waals surface area contributed by atoms with Crippen LogP contribution in [0.25, 0.3) is 33.3 Å². The van der Waals surface area contributed by atoms with Crippen molar-refractivity contribution in [3.05, 3.63) is 64.4 Å². The fourth-order valence-electron chi connectivity index (χ4n) is 3.51. The molecule has 0 aliphatic carbocycles. The van der Waals surface area contributed by atoms with Crippen LogP contribution in [0.1, 0.15) is 17.9 Å². The number of aromatic amines is 1. The molecule has 1 aliphatic rings. The number of hydrogen-bond acceptors (Lipinski definition) is 4. The van der Waals surface area contributed by atoms with Gasteiger partial charge in [0.1, 0.15) is 6.10 Å². The van der Waals surface area contributed by atoms with Crippen molar-refractivity contribution in [1.82, 2.24) is 14.5 Å². The molecular weight excluding hydrogens is 306 g/mol. The smallest absolute Gasteiger partial charge is 0.263 e. The van der Waals surface area contributed by atoms with E-state index >= 15 is 0 Å². The minimum absolute atomic E-state index is 0.336. The summed E-state index contributed by atoms with van der Waals surface area (Å²) in [6.07, 6.45) is -2.58. The Kier molecular flexibility index (Phi) is 2.54. The van der Waals surface area contributed by atoms with Gasteiger partial charge in [0.15, 0.2) is 12.1 Å². The Balaban J connectivity index is 1.98. The second kappa shape index (κ2) is 4.53. The number of para-hydroxylation sites is 2. The van der Waals surface area contributed by atoms with Crippen LogP contribution in [-0.4, -0.2) is 24.7 Å². The third-order valence-corrected chi connectivity index (χ3v) is 4.62. The molecule has 6 nitrogen and oxygen atoms in total. The number of aliphatic hydroxyl groups excluding tert-OH is 2. The van der Waals surface area contributed by atoms with Gasteiger partial charge < -0.3 is 15.2 Å². The zero-order valence-electron chi connectivity index (χ0n) is 12.5. The molecule has 4 aromatic rings. The van der Waals surface area contributed by atoms with Crippen LogP contribution in [0.3, 0.4) is 0 Å². The number of rotatable bonds is 0. The second-order valence-electron chi connectivity index (χ2n) is 5.95. The number of benzene rings is 2. The largest absolute Gasteiger partial charge is 0.384 e. The maximum atomic E-state index is 12.8. The van der Waals surface area contributed by atoms with Gasteiger partial charge in [0, 0.05) is 16.5 Å². The Morgan fingerprint density at radius 1 is 1.00 bits per heavy atom. The van der Waals surface area contributed by atoms with Gasteiger partial charge in [-0.1, -0.05) is 30.3 Å². The summed E-state index contributed by atoms with van der Waals surface area (Å²) < 4.78 is 1.16. The fraction of sp³-hybridized carbons (Fsp3) is 0.111. The number of fused-ring (bicyclic) bond motifs is 6. The summed E-state index contributed by atoms with van der Waals surface area (Å²) in [4.78, 5) is 20.6. The molecule has 0 radical (unpaired) electrons. The average Bonchev–Trinajstić information content (AvgIpc) is 2.99. The molecule has 0 spiro atoms. The van der Waals surface area contributed by atoms with Crippen LogP contribution in [-0.2, 0) is 0 Å². The highest BCUT2D eigenvalue weighted by molar-refractivity contribution is 5.91. The number of nitrogens with one attached hydrogen (secondary N) is 1. The van der Waals surface area contributed by atoms with E-state index in [-0.39, 0.29) is 5.56 Å². The minimum Gasteiger partial charge on any atom is -0.384 e. The van der Waals surface area contributed by atoms with Crippen molar-refractivity contribution in [3.8, 4) is 11.5 Å². The van der Waals surface area contributed by atoms with Crippen molar-refractivity contribution in [2.75, 3.05) is 0 Å². The first kappa shape index (κ1) is 13.5. The summed E-state index contributed by atoms with van der Waals surface area (Å²) in [7, 11) is 0.